The van der Waals surface area contributed by atoms with Gasteiger partial charge < -0.3 is 20.6 Å². The Morgan fingerprint density at radius 3 is 2.40 bits per heavy atom. The van der Waals surface area contributed by atoms with Crippen LogP contribution in [0.1, 0.15) is 10.5 Å². The number of carbonyl (C=O) groups excluding carboxylic acids is 1. The Balaban J connectivity index is 2.37. The highest BCUT2D eigenvalue weighted by Gasteiger charge is 2.31. The molecule has 0 aliphatic heterocycles. The van der Waals surface area contributed by atoms with Crippen molar-refractivity contribution in [2.45, 2.75) is 5.54 Å². The fraction of sp³-hybridized carbons (Fsp3) is 0.286. The number of rotatable bonds is 5. The summed E-state index contributed by atoms with van der Waals surface area (Å²) in [4.78, 5) is 16.3. The van der Waals surface area contributed by atoms with Gasteiger partial charge in [-0.15, -0.1) is 0 Å². The Kier molecular flexibility index (Phi) is 4.29. The van der Waals surface area contributed by atoms with Gasteiger partial charge in [-0.25, -0.2) is 0 Å². The summed E-state index contributed by atoms with van der Waals surface area (Å²) < 4.78 is 0. The molecule has 2 aromatic rings. The summed E-state index contributed by atoms with van der Waals surface area (Å²) in [5.74, 6) is -0.557. The number of fused-ring (bicyclic) bond motifs is 1. The Morgan fingerprint density at radius 1 is 1.10 bits per heavy atom. The van der Waals surface area contributed by atoms with E-state index in [-0.39, 0.29) is 5.69 Å². The molecule has 0 radical (unpaired) electrons. The van der Waals surface area contributed by atoms with Crippen LogP contribution in [0.2, 0.25) is 0 Å². The lowest BCUT2D eigenvalue weighted by Crippen LogP contribution is -2.57. The first kappa shape index (κ1) is 14.4. The van der Waals surface area contributed by atoms with Gasteiger partial charge in [-0.1, -0.05) is 24.3 Å². The van der Waals surface area contributed by atoms with Gasteiger partial charge in [-0.2, -0.15) is 0 Å². The molecule has 0 fully saturated rings. The van der Waals surface area contributed by atoms with Crippen molar-refractivity contribution in [1.82, 2.24) is 10.3 Å². The first-order chi connectivity index (χ1) is 9.65. The number of aliphatic hydroxyl groups is 3. The third-order valence-electron chi connectivity index (χ3n) is 3.18. The van der Waals surface area contributed by atoms with Crippen molar-refractivity contribution >= 4 is 16.7 Å². The SMILES string of the molecule is O=C(NC(CO)(CO)CO)c1nccc2ccccc12. The molecule has 1 amide bonds. The smallest absolute Gasteiger partial charge is 0.271 e. The van der Waals surface area contributed by atoms with Gasteiger partial charge in [0.25, 0.3) is 5.91 Å². The van der Waals surface area contributed by atoms with E-state index < -0.39 is 31.3 Å². The molecule has 0 bridgehead atoms. The van der Waals surface area contributed by atoms with E-state index in [1.165, 1.54) is 6.20 Å². The molecule has 1 heterocycles. The first-order valence-corrected chi connectivity index (χ1v) is 6.14. The monoisotopic (exact) mass is 276 g/mol. The number of hydrogen-bond acceptors (Lipinski definition) is 5. The highest BCUT2D eigenvalue weighted by Crippen LogP contribution is 2.17. The van der Waals surface area contributed by atoms with Crippen molar-refractivity contribution in [1.29, 1.82) is 0 Å². The topological polar surface area (TPSA) is 103 Å². The van der Waals surface area contributed by atoms with Crippen LogP contribution in [0.15, 0.2) is 36.5 Å². The Bertz CT molecular complexity index is 597. The zero-order valence-corrected chi connectivity index (χ0v) is 10.8. The van der Waals surface area contributed by atoms with Crippen LogP contribution >= 0.6 is 0 Å². The minimum absolute atomic E-state index is 0.183. The van der Waals surface area contributed by atoms with Gasteiger partial charge in [0.05, 0.1) is 19.8 Å². The fourth-order valence-electron chi connectivity index (χ4n) is 1.87. The second kappa shape index (κ2) is 5.96. The average Bonchev–Trinajstić information content (AvgIpc) is 2.52. The summed E-state index contributed by atoms with van der Waals surface area (Å²) in [7, 11) is 0. The van der Waals surface area contributed by atoms with Crippen molar-refractivity contribution in [3.63, 3.8) is 0 Å². The normalized spacial score (nSPS) is 11.6. The standard InChI is InChI=1S/C14H16N2O4/c17-7-14(8-18,9-19)16-13(20)12-11-4-2-1-3-10(11)5-6-15-12/h1-6,17-19H,7-9H2,(H,16,20). The quantitative estimate of drug-likeness (QED) is 0.599. The van der Waals surface area contributed by atoms with Crippen LogP contribution in [0.3, 0.4) is 0 Å². The lowest BCUT2D eigenvalue weighted by molar-refractivity contribution is 0.0374. The second-order valence-electron chi connectivity index (χ2n) is 4.59. The fourth-order valence-corrected chi connectivity index (χ4v) is 1.87. The maximum absolute atomic E-state index is 12.2. The van der Waals surface area contributed by atoms with E-state index in [0.717, 1.165) is 5.39 Å². The van der Waals surface area contributed by atoms with Crippen LogP contribution < -0.4 is 5.32 Å². The van der Waals surface area contributed by atoms with Crippen molar-refractivity contribution < 1.29 is 20.1 Å². The molecule has 0 aliphatic carbocycles. The van der Waals surface area contributed by atoms with Crippen molar-refractivity contribution in [3.05, 3.63) is 42.2 Å². The number of nitrogens with zero attached hydrogens (tertiary/aromatic N) is 1. The molecule has 0 saturated carbocycles. The van der Waals surface area contributed by atoms with Crippen molar-refractivity contribution in [3.8, 4) is 0 Å². The van der Waals surface area contributed by atoms with Gasteiger partial charge in [0.2, 0.25) is 0 Å². The zero-order valence-electron chi connectivity index (χ0n) is 10.8. The number of pyridine rings is 1. The maximum atomic E-state index is 12.2. The van der Waals surface area contributed by atoms with Crippen LogP contribution in [-0.4, -0.2) is 51.6 Å². The zero-order chi connectivity index (χ0) is 14.6. The van der Waals surface area contributed by atoms with Crippen LogP contribution in [0.25, 0.3) is 10.8 Å². The molecule has 2 rings (SSSR count). The summed E-state index contributed by atoms with van der Waals surface area (Å²) in [5, 5.41) is 31.6. The molecule has 6 nitrogen and oxygen atoms in total. The molecular weight excluding hydrogens is 260 g/mol. The molecule has 20 heavy (non-hydrogen) atoms. The van der Waals surface area contributed by atoms with Gasteiger partial charge in [0.1, 0.15) is 11.2 Å². The molecule has 0 unspecified atom stereocenters. The molecular formula is C14H16N2O4. The molecule has 1 aromatic carbocycles. The predicted octanol–water partition coefficient (Wildman–Crippen LogP) is -0.320. The minimum atomic E-state index is -1.46. The number of amides is 1. The van der Waals surface area contributed by atoms with E-state index in [1.807, 2.05) is 12.1 Å². The molecule has 6 heteroatoms. The van der Waals surface area contributed by atoms with Gasteiger partial charge in [0, 0.05) is 11.6 Å². The number of hydrogen-bond donors (Lipinski definition) is 4. The van der Waals surface area contributed by atoms with Gasteiger partial charge in [0.15, 0.2) is 0 Å². The summed E-state index contributed by atoms with van der Waals surface area (Å²) >= 11 is 0. The van der Waals surface area contributed by atoms with Gasteiger partial charge in [-0.05, 0) is 11.5 Å². The van der Waals surface area contributed by atoms with Crippen LogP contribution in [0.4, 0.5) is 0 Å². The third kappa shape index (κ3) is 2.62. The van der Waals surface area contributed by atoms with Crippen LogP contribution in [0, 0.1) is 0 Å². The van der Waals surface area contributed by atoms with E-state index in [2.05, 4.69) is 10.3 Å². The van der Waals surface area contributed by atoms with E-state index in [1.54, 1.807) is 18.2 Å². The average molecular weight is 276 g/mol. The lowest BCUT2D eigenvalue weighted by Gasteiger charge is -2.28. The first-order valence-electron chi connectivity index (χ1n) is 6.14. The van der Waals surface area contributed by atoms with Gasteiger partial charge >= 0.3 is 0 Å². The maximum Gasteiger partial charge on any atom is 0.271 e. The van der Waals surface area contributed by atoms with Crippen LogP contribution in [0.5, 0.6) is 0 Å². The highest BCUT2D eigenvalue weighted by atomic mass is 16.3. The number of nitrogens with one attached hydrogen (secondary N) is 1. The van der Waals surface area contributed by atoms with Crippen molar-refractivity contribution in [2.75, 3.05) is 19.8 Å². The third-order valence-corrected chi connectivity index (χ3v) is 3.18. The summed E-state index contributed by atoms with van der Waals surface area (Å²) in [6.45, 7) is -1.72. The molecule has 0 aliphatic rings. The Hall–Kier alpha value is -2.02. The summed E-state index contributed by atoms with van der Waals surface area (Å²) in [6, 6.07) is 9.03. The molecule has 0 spiro atoms. The summed E-state index contributed by atoms with van der Waals surface area (Å²) in [5.41, 5.74) is -1.28. The largest absolute Gasteiger partial charge is 0.394 e. The van der Waals surface area contributed by atoms with Crippen LogP contribution in [-0.2, 0) is 0 Å². The number of benzene rings is 1. The highest BCUT2D eigenvalue weighted by molar-refractivity contribution is 6.05. The summed E-state index contributed by atoms with van der Waals surface area (Å²) in [6.07, 6.45) is 1.51. The predicted molar refractivity (Wildman–Crippen MR) is 73.2 cm³/mol. The molecule has 0 atom stereocenters. The van der Waals surface area contributed by atoms with E-state index in [0.29, 0.717) is 5.39 Å². The van der Waals surface area contributed by atoms with Crippen molar-refractivity contribution in [2.24, 2.45) is 0 Å². The number of aliphatic hydroxyl groups excluding tert-OH is 3. The Morgan fingerprint density at radius 2 is 1.75 bits per heavy atom. The van der Waals surface area contributed by atoms with E-state index >= 15 is 0 Å². The van der Waals surface area contributed by atoms with Gasteiger partial charge in [-0.3, -0.25) is 9.78 Å². The van der Waals surface area contributed by atoms with E-state index in [4.69, 9.17) is 0 Å². The lowest BCUT2D eigenvalue weighted by atomic mass is 10.0. The minimum Gasteiger partial charge on any atom is -0.394 e. The molecule has 0 saturated heterocycles. The Labute approximate surface area is 115 Å². The second-order valence-corrected chi connectivity index (χ2v) is 4.59. The molecule has 1 aromatic heterocycles. The number of aromatic nitrogens is 1. The molecule has 4 N–H and O–H groups in total. The number of carbonyl (C=O) groups is 1. The molecule has 106 valence electrons. The van der Waals surface area contributed by atoms with E-state index in [9.17, 15) is 20.1 Å².